The van der Waals surface area contributed by atoms with Crippen LogP contribution in [0.2, 0.25) is 0 Å². The fraction of sp³-hybridized carbons (Fsp3) is 0.333. The molecular formula is C18H22N2O. The minimum absolute atomic E-state index is 0.00418. The first-order chi connectivity index (χ1) is 10.2. The second-order valence-corrected chi connectivity index (χ2v) is 5.71. The monoisotopic (exact) mass is 282 g/mol. The summed E-state index contributed by atoms with van der Waals surface area (Å²) in [4.78, 5) is 2.42. The fourth-order valence-electron chi connectivity index (χ4n) is 3.08. The molecule has 1 heterocycles. The van der Waals surface area contributed by atoms with Crippen LogP contribution in [-0.2, 0) is 6.42 Å². The summed E-state index contributed by atoms with van der Waals surface area (Å²) in [5, 5.41) is 0. The minimum Gasteiger partial charge on any atom is -0.497 e. The van der Waals surface area contributed by atoms with Crippen molar-refractivity contribution in [2.45, 2.75) is 25.4 Å². The molecule has 0 aliphatic carbocycles. The van der Waals surface area contributed by atoms with E-state index in [9.17, 15) is 0 Å². The van der Waals surface area contributed by atoms with Crippen molar-refractivity contribution in [2.75, 3.05) is 18.6 Å². The molecule has 3 nitrogen and oxygen atoms in total. The number of nitrogens with zero attached hydrogens (tertiary/aromatic N) is 1. The van der Waals surface area contributed by atoms with Gasteiger partial charge in [0.2, 0.25) is 0 Å². The normalized spacial score (nSPS) is 18.4. The zero-order valence-corrected chi connectivity index (χ0v) is 12.6. The average molecular weight is 282 g/mol. The summed E-state index contributed by atoms with van der Waals surface area (Å²) in [7, 11) is 1.68. The number of benzene rings is 2. The van der Waals surface area contributed by atoms with Crippen LogP contribution in [-0.4, -0.2) is 19.7 Å². The summed E-state index contributed by atoms with van der Waals surface area (Å²) in [5.74, 6) is 0.867. The molecular weight excluding hydrogens is 260 g/mol. The zero-order valence-electron chi connectivity index (χ0n) is 12.6. The SMILES string of the molecule is COc1ccc(C(N)CN2c3ccccc3CC2C)cc1. The van der Waals surface area contributed by atoms with Crippen LogP contribution in [0.1, 0.15) is 24.1 Å². The molecule has 2 unspecified atom stereocenters. The molecule has 3 heteroatoms. The Morgan fingerprint density at radius 1 is 1.19 bits per heavy atom. The number of methoxy groups -OCH3 is 1. The van der Waals surface area contributed by atoms with E-state index >= 15 is 0 Å². The number of nitrogens with two attached hydrogens (primary N) is 1. The maximum atomic E-state index is 6.40. The summed E-state index contributed by atoms with van der Waals surface area (Å²) < 4.78 is 5.19. The van der Waals surface area contributed by atoms with Gasteiger partial charge in [0.15, 0.2) is 0 Å². The standard InChI is InChI=1S/C18H22N2O/c1-13-11-15-5-3-4-6-18(15)20(13)12-17(19)14-7-9-16(21-2)10-8-14/h3-10,13,17H,11-12,19H2,1-2H3. The van der Waals surface area contributed by atoms with Crippen LogP contribution in [0.4, 0.5) is 5.69 Å². The molecule has 2 aromatic carbocycles. The molecule has 0 amide bonds. The zero-order chi connectivity index (χ0) is 14.8. The van der Waals surface area contributed by atoms with Gasteiger partial charge in [-0.1, -0.05) is 30.3 Å². The van der Waals surface area contributed by atoms with Gasteiger partial charge in [-0.05, 0) is 42.7 Å². The van der Waals surface area contributed by atoms with Crippen molar-refractivity contribution < 1.29 is 4.74 Å². The molecule has 0 radical (unpaired) electrons. The predicted molar refractivity (Wildman–Crippen MR) is 86.9 cm³/mol. The van der Waals surface area contributed by atoms with Gasteiger partial charge in [-0.2, -0.15) is 0 Å². The van der Waals surface area contributed by atoms with E-state index in [0.717, 1.165) is 24.3 Å². The van der Waals surface area contributed by atoms with E-state index in [0.29, 0.717) is 6.04 Å². The summed E-state index contributed by atoms with van der Waals surface area (Å²) in [6.07, 6.45) is 1.10. The maximum absolute atomic E-state index is 6.40. The predicted octanol–water partition coefficient (Wildman–Crippen LogP) is 3.15. The second-order valence-electron chi connectivity index (χ2n) is 5.71. The van der Waals surface area contributed by atoms with Gasteiger partial charge < -0.3 is 15.4 Å². The Morgan fingerprint density at radius 2 is 1.90 bits per heavy atom. The van der Waals surface area contributed by atoms with E-state index in [4.69, 9.17) is 10.5 Å². The molecule has 1 aliphatic heterocycles. The van der Waals surface area contributed by atoms with Crippen molar-refractivity contribution in [3.8, 4) is 5.75 Å². The van der Waals surface area contributed by atoms with Crippen molar-refractivity contribution in [1.82, 2.24) is 0 Å². The third kappa shape index (κ3) is 2.74. The van der Waals surface area contributed by atoms with Gasteiger partial charge >= 0.3 is 0 Å². The van der Waals surface area contributed by atoms with Gasteiger partial charge in [-0.15, -0.1) is 0 Å². The molecule has 0 bridgehead atoms. The van der Waals surface area contributed by atoms with Gasteiger partial charge in [0, 0.05) is 24.3 Å². The number of hydrogen-bond acceptors (Lipinski definition) is 3. The van der Waals surface area contributed by atoms with Crippen molar-refractivity contribution in [2.24, 2.45) is 5.73 Å². The van der Waals surface area contributed by atoms with Crippen molar-refractivity contribution in [3.05, 3.63) is 59.7 Å². The smallest absolute Gasteiger partial charge is 0.118 e. The van der Waals surface area contributed by atoms with E-state index in [1.54, 1.807) is 7.11 Å². The number of rotatable bonds is 4. The topological polar surface area (TPSA) is 38.5 Å². The van der Waals surface area contributed by atoms with Gasteiger partial charge in [-0.3, -0.25) is 0 Å². The van der Waals surface area contributed by atoms with E-state index in [-0.39, 0.29) is 6.04 Å². The molecule has 21 heavy (non-hydrogen) atoms. The molecule has 0 saturated carbocycles. The summed E-state index contributed by atoms with van der Waals surface area (Å²) in [6, 6.07) is 17.2. The Morgan fingerprint density at radius 3 is 2.62 bits per heavy atom. The number of ether oxygens (including phenoxy) is 1. The van der Waals surface area contributed by atoms with Crippen LogP contribution in [0, 0.1) is 0 Å². The van der Waals surface area contributed by atoms with E-state index in [1.165, 1.54) is 11.3 Å². The van der Waals surface area contributed by atoms with Gasteiger partial charge in [0.25, 0.3) is 0 Å². The number of anilines is 1. The van der Waals surface area contributed by atoms with Crippen LogP contribution < -0.4 is 15.4 Å². The third-order valence-electron chi connectivity index (χ3n) is 4.29. The molecule has 2 aromatic rings. The Balaban J connectivity index is 1.76. The lowest BCUT2D eigenvalue weighted by Crippen LogP contribution is -2.36. The maximum Gasteiger partial charge on any atom is 0.118 e. The Kier molecular flexibility index (Phi) is 3.84. The largest absolute Gasteiger partial charge is 0.497 e. The molecule has 2 N–H and O–H groups in total. The van der Waals surface area contributed by atoms with Crippen molar-refractivity contribution in [1.29, 1.82) is 0 Å². The lowest BCUT2D eigenvalue weighted by molar-refractivity contribution is 0.414. The van der Waals surface area contributed by atoms with Crippen LogP contribution in [0.15, 0.2) is 48.5 Å². The Hall–Kier alpha value is -2.00. The third-order valence-corrected chi connectivity index (χ3v) is 4.29. The highest BCUT2D eigenvalue weighted by atomic mass is 16.5. The molecule has 0 fully saturated rings. The van der Waals surface area contributed by atoms with Crippen molar-refractivity contribution in [3.63, 3.8) is 0 Å². The van der Waals surface area contributed by atoms with Gasteiger partial charge in [-0.25, -0.2) is 0 Å². The fourth-order valence-corrected chi connectivity index (χ4v) is 3.08. The van der Waals surface area contributed by atoms with E-state index in [1.807, 2.05) is 12.1 Å². The minimum atomic E-state index is 0.00418. The van der Waals surface area contributed by atoms with Gasteiger partial charge in [0.05, 0.1) is 7.11 Å². The number of hydrogen-bond donors (Lipinski definition) is 1. The number of fused-ring (bicyclic) bond motifs is 1. The highest BCUT2D eigenvalue weighted by molar-refractivity contribution is 5.59. The molecule has 0 aromatic heterocycles. The first kappa shape index (κ1) is 14.0. The first-order valence-electron chi connectivity index (χ1n) is 7.43. The Bertz CT molecular complexity index is 609. The first-order valence-corrected chi connectivity index (χ1v) is 7.43. The molecule has 110 valence electrons. The second kappa shape index (κ2) is 5.78. The van der Waals surface area contributed by atoms with Crippen LogP contribution in [0.5, 0.6) is 5.75 Å². The Labute approximate surface area is 126 Å². The summed E-state index contributed by atoms with van der Waals surface area (Å²) >= 11 is 0. The lowest BCUT2D eigenvalue weighted by Gasteiger charge is -2.28. The molecule has 0 saturated heterocycles. The highest BCUT2D eigenvalue weighted by Gasteiger charge is 2.26. The quantitative estimate of drug-likeness (QED) is 0.936. The summed E-state index contributed by atoms with van der Waals surface area (Å²) in [6.45, 7) is 3.10. The average Bonchev–Trinajstić information content (AvgIpc) is 2.83. The van der Waals surface area contributed by atoms with Crippen LogP contribution >= 0.6 is 0 Å². The van der Waals surface area contributed by atoms with Crippen LogP contribution in [0.25, 0.3) is 0 Å². The summed E-state index contributed by atoms with van der Waals surface area (Å²) in [5.41, 5.74) is 10.3. The molecule has 1 aliphatic rings. The van der Waals surface area contributed by atoms with Gasteiger partial charge in [0.1, 0.15) is 5.75 Å². The molecule has 3 rings (SSSR count). The van der Waals surface area contributed by atoms with E-state index in [2.05, 4.69) is 48.2 Å². The highest BCUT2D eigenvalue weighted by Crippen LogP contribution is 2.33. The van der Waals surface area contributed by atoms with Crippen LogP contribution in [0.3, 0.4) is 0 Å². The number of para-hydroxylation sites is 1. The van der Waals surface area contributed by atoms with Crippen molar-refractivity contribution >= 4 is 5.69 Å². The molecule has 0 spiro atoms. The lowest BCUT2D eigenvalue weighted by atomic mass is 10.1. The molecule has 2 atom stereocenters. The van der Waals surface area contributed by atoms with E-state index < -0.39 is 0 Å².